The normalized spacial score (nSPS) is 16.9. The van der Waals surface area contributed by atoms with Gasteiger partial charge in [-0.15, -0.1) is 11.3 Å². The van der Waals surface area contributed by atoms with Gasteiger partial charge in [0.25, 0.3) is 0 Å². The first kappa shape index (κ1) is 14.9. The molecule has 2 rings (SSSR count). The average molecular weight is 284 g/mol. The second-order valence-corrected chi connectivity index (χ2v) is 5.92. The molecule has 1 aromatic rings. The van der Waals surface area contributed by atoms with Crippen molar-refractivity contribution in [3.63, 3.8) is 0 Å². The minimum atomic E-state index is 0.641. The number of hydrogen-bond acceptors (Lipinski definition) is 5. The number of ether oxygens (including phenoxy) is 2. The van der Waals surface area contributed by atoms with Crippen LogP contribution in [0.1, 0.15) is 36.9 Å². The number of nitrogens with one attached hydrogen (secondary N) is 1. The van der Waals surface area contributed by atoms with E-state index in [0.717, 1.165) is 62.9 Å². The van der Waals surface area contributed by atoms with Crippen molar-refractivity contribution in [1.82, 2.24) is 10.3 Å². The van der Waals surface area contributed by atoms with E-state index in [1.54, 1.807) is 11.3 Å². The summed E-state index contributed by atoms with van der Waals surface area (Å²) in [4.78, 5) is 4.57. The van der Waals surface area contributed by atoms with E-state index < -0.39 is 0 Å². The fourth-order valence-electron chi connectivity index (χ4n) is 2.11. The summed E-state index contributed by atoms with van der Waals surface area (Å²) in [6.07, 6.45) is 3.42. The van der Waals surface area contributed by atoms with E-state index >= 15 is 0 Å². The number of thiazole rings is 1. The zero-order valence-corrected chi connectivity index (χ0v) is 12.5. The van der Waals surface area contributed by atoms with Crippen molar-refractivity contribution in [1.29, 1.82) is 0 Å². The van der Waals surface area contributed by atoms with E-state index in [4.69, 9.17) is 9.47 Å². The van der Waals surface area contributed by atoms with Crippen LogP contribution >= 0.6 is 11.3 Å². The summed E-state index contributed by atoms with van der Waals surface area (Å²) in [6, 6.07) is 0. The Kier molecular flexibility index (Phi) is 6.78. The molecule has 0 bridgehead atoms. The van der Waals surface area contributed by atoms with Crippen LogP contribution in [0.3, 0.4) is 0 Å². The predicted octanol–water partition coefficient (Wildman–Crippen LogP) is 2.59. The molecule has 1 aliphatic heterocycles. The van der Waals surface area contributed by atoms with E-state index in [-0.39, 0.29) is 0 Å². The zero-order chi connectivity index (χ0) is 13.3. The Morgan fingerprint density at radius 3 is 3.11 bits per heavy atom. The molecule has 1 aliphatic rings. The summed E-state index contributed by atoms with van der Waals surface area (Å²) in [5.41, 5.74) is 1.06. The first-order valence-electron chi connectivity index (χ1n) is 7.18. The van der Waals surface area contributed by atoms with E-state index in [1.807, 2.05) is 0 Å². The number of rotatable bonds is 8. The van der Waals surface area contributed by atoms with E-state index in [1.165, 1.54) is 0 Å². The van der Waals surface area contributed by atoms with Crippen molar-refractivity contribution in [3.05, 3.63) is 16.1 Å². The molecule has 5 heteroatoms. The van der Waals surface area contributed by atoms with Crippen LogP contribution in [0.4, 0.5) is 0 Å². The molecule has 0 aromatic carbocycles. The second-order valence-electron chi connectivity index (χ2n) is 4.98. The highest BCUT2D eigenvalue weighted by Gasteiger charge is 2.13. The van der Waals surface area contributed by atoms with Gasteiger partial charge in [0, 0.05) is 25.1 Å². The molecular weight excluding hydrogens is 260 g/mol. The summed E-state index contributed by atoms with van der Waals surface area (Å²) in [6.45, 7) is 7.35. The minimum Gasteiger partial charge on any atom is -0.381 e. The number of hydrogen-bond donors (Lipinski definition) is 1. The van der Waals surface area contributed by atoms with Gasteiger partial charge in [0.15, 0.2) is 0 Å². The van der Waals surface area contributed by atoms with Crippen molar-refractivity contribution in [2.24, 2.45) is 5.92 Å². The lowest BCUT2D eigenvalue weighted by Crippen LogP contribution is -2.20. The molecule has 1 fully saturated rings. The highest BCUT2D eigenvalue weighted by atomic mass is 32.1. The molecule has 4 nitrogen and oxygen atoms in total. The maximum Gasteiger partial charge on any atom is 0.107 e. The molecule has 108 valence electrons. The first-order valence-corrected chi connectivity index (χ1v) is 8.06. The van der Waals surface area contributed by atoms with Crippen molar-refractivity contribution < 1.29 is 9.47 Å². The number of nitrogens with zero attached hydrogens (tertiary/aromatic N) is 1. The van der Waals surface area contributed by atoms with Gasteiger partial charge in [0.2, 0.25) is 0 Å². The third kappa shape index (κ3) is 5.57. The van der Waals surface area contributed by atoms with Gasteiger partial charge in [-0.3, -0.25) is 0 Å². The predicted molar refractivity (Wildman–Crippen MR) is 77.3 cm³/mol. The molecule has 1 aromatic heterocycles. The largest absolute Gasteiger partial charge is 0.381 e. The van der Waals surface area contributed by atoms with Crippen LogP contribution in [-0.4, -0.2) is 31.3 Å². The van der Waals surface area contributed by atoms with Crippen molar-refractivity contribution >= 4 is 11.3 Å². The summed E-state index contributed by atoms with van der Waals surface area (Å²) >= 11 is 1.71. The van der Waals surface area contributed by atoms with Gasteiger partial charge in [-0.2, -0.15) is 0 Å². The van der Waals surface area contributed by atoms with E-state index in [0.29, 0.717) is 12.5 Å². The van der Waals surface area contributed by atoms with Crippen LogP contribution in [0.2, 0.25) is 0 Å². The Morgan fingerprint density at radius 2 is 2.32 bits per heavy atom. The Morgan fingerprint density at radius 1 is 1.47 bits per heavy atom. The standard InChI is InChI=1S/C14H24N2O2S/c1-2-5-15-8-14-16-13(11-19-14)10-18-9-12-3-6-17-7-4-12/h11-12,15H,2-10H2,1H3. The maximum atomic E-state index is 5.77. The fraction of sp³-hybridized carbons (Fsp3) is 0.786. The SMILES string of the molecule is CCCNCc1nc(COCC2CCOCC2)cs1. The molecule has 0 aliphatic carbocycles. The summed E-state index contributed by atoms with van der Waals surface area (Å²) in [5.74, 6) is 0.665. The Hall–Kier alpha value is -0.490. The van der Waals surface area contributed by atoms with Crippen LogP contribution in [0.15, 0.2) is 5.38 Å². The third-order valence-corrected chi connectivity index (χ3v) is 4.14. The summed E-state index contributed by atoms with van der Waals surface area (Å²) in [7, 11) is 0. The van der Waals surface area contributed by atoms with Crippen LogP contribution in [-0.2, 0) is 22.6 Å². The lowest BCUT2D eigenvalue weighted by Gasteiger charge is -2.21. The molecule has 0 saturated carbocycles. The van der Waals surface area contributed by atoms with Gasteiger partial charge < -0.3 is 14.8 Å². The molecule has 0 unspecified atom stereocenters. The Bertz CT molecular complexity index is 351. The topological polar surface area (TPSA) is 43.4 Å². The first-order chi connectivity index (χ1) is 9.38. The molecular formula is C14H24N2O2S. The molecule has 0 radical (unpaired) electrons. The molecule has 1 saturated heterocycles. The van der Waals surface area contributed by atoms with Gasteiger partial charge >= 0.3 is 0 Å². The molecule has 0 amide bonds. The number of aromatic nitrogens is 1. The average Bonchev–Trinajstić information content (AvgIpc) is 2.88. The molecule has 0 spiro atoms. The monoisotopic (exact) mass is 284 g/mol. The van der Waals surface area contributed by atoms with Gasteiger partial charge in [0.05, 0.1) is 18.9 Å². The van der Waals surface area contributed by atoms with E-state index in [2.05, 4.69) is 22.6 Å². The lowest BCUT2D eigenvalue weighted by molar-refractivity contribution is 0.0151. The molecule has 1 N–H and O–H groups in total. The summed E-state index contributed by atoms with van der Waals surface area (Å²) < 4.78 is 11.1. The van der Waals surface area contributed by atoms with Crippen LogP contribution in [0, 0.1) is 5.92 Å². The van der Waals surface area contributed by atoms with E-state index in [9.17, 15) is 0 Å². The van der Waals surface area contributed by atoms with Crippen molar-refractivity contribution in [3.8, 4) is 0 Å². The second kappa shape index (κ2) is 8.64. The van der Waals surface area contributed by atoms with Crippen LogP contribution in [0.25, 0.3) is 0 Å². The quantitative estimate of drug-likeness (QED) is 0.745. The zero-order valence-electron chi connectivity index (χ0n) is 11.7. The van der Waals surface area contributed by atoms with Gasteiger partial charge in [-0.25, -0.2) is 4.98 Å². The maximum absolute atomic E-state index is 5.77. The van der Waals surface area contributed by atoms with Crippen LogP contribution < -0.4 is 5.32 Å². The minimum absolute atomic E-state index is 0.641. The van der Waals surface area contributed by atoms with Crippen LogP contribution in [0.5, 0.6) is 0 Å². The molecule has 0 atom stereocenters. The van der Waals surface area contributed by atoms with Gasteiger partial charge in [-0.1, -0.05) is 6.92 Å². The highest BCUT2D eigenvalue weighted by Crippen LogP contribution is 2.16. The third-order valence-electron chi connectivity index (χ3n) is 3.25. The smallest absolute Gasteiger partial charge is 0.107 e. The Balaban J connectivity index is 1.62. The highest BCUT2D eigenvalue weighted by molar-refractivity contribution is 7.09. The van der Waals surface area contributed by atoms with Gasteiger partial charge in [-0.05, 0) is 31.7 Å². The van der Waals surface area contributed by atoms with Gasteiger partial charge in [0.1, 0.15) is 5.01 Å². The Labute approximate surface area is 119 Å². The lowest BCUT2D eigenvalue weighted by atomic mass is 10.0. The van der Waals surface area contributed by atoms with Crippen molar-refractivity contribution in [2.45, 2.75) is 39.3 Å². The molecule has 2 heterocycles. The van der Waals surface area contributed by atoms with Crippen molar-refractivity contribution in [2.75, 3.05) is 26.4 Å². The fourth-order valence-corrected chi connectivity index (χ4v) is 2.86. The molecule has 19 heavy (non-hydrogen) atoms. The summed E-state index contributed by atoms with van der Waals surface area (Å²) in [5, 5.41) is 6.62.